The molecule has 0 N–H and O–H groups in total. The summed E-state index contributed by atoms with van der Waals surface area (Å²) in [6.07, 6.45) is 8.37. The smallest absolute Gasteiger partial charge is 0.266 e. The van der Waals surface area contributed by atoms with Gasteiger partial charge in [0.05, 0.1) is 23.7 Å². The maximum Gasteiger partial charge on any atom is 0.266 e. The molecule has 0 unspecified atom stereocenters. The second-order valence-corrected chi connectivity index (χ2v) is 7.63. The summed E-state index contributed by atoms with van der Waals surface area (Å²) < 4.78 is 6.77. The van der Waals surface area contributed by atoms with Crippen LogP contribution in [-0.2, 0) is 6.42 Å². The van der Waals surface area contributed by atoms with Crippen LogP contribution < -0.4 is 10.3 Å². The van der Waals surface area contributed by atoms with Gasteiger partial charge in [0.25, 0.3) is 5.56 Å². The zero-order valence-electron chi connectivity index (χ0n) is 17.0. The van der Waals surface area contributed by atoms with Crippen LogP contribution in [0.3, 0.4) is 0 Å². The molecule has 4 rings (SSSR count). The summed E-state index contributed by atoms with van der Waals surface area (Å²) in [4.78, 5) is 30.6. The molecule has 3 aromatic rings. The van der Waals surface area contributed by atoms with E-state index < -0.39 is 0 Å². The molecule has 0 radical (unpaired) electrons. The zero-order valence-corrected chi connectivity index (χ0v) is 17.0. The van der Waals surface area contributed by atoms with E-state index in [1.165, 1.54) is 43.8 Å². The third kappa shape index (κ3) is 3.46. The number of fused-ring (bicyclic) bond motifs is 4. The number of unbranched alkanes of at least 4 members (excludes halogenated alkanes) is 5. The number of nitrogens with zero attached hydrogens (tertiary/aromatic N) is 2. The largest absolute Gasteiger partial charge is 0.494 e. The van der Waals surface area contributed by atoms with Crippen molar-refractivity contribution >= 4 is 16.7 Å². The molecular formula is C24H26N2O3. The van der Waals surface area contributed by atoms with Crippen molar-refractivity contribution in [2.24, 2.45) is 0 Å². The molecule has 0 atom stereocenters. The fourth-order valence-electron chi connectivity index (χ4n) is 4.07. The van der Waals surface area contributed by atoms with E-state index in [0.29, 0.717) is 27.9 Å². The molecule has 1 aromatic heterocycles. The van der Waals surface area contributed by atoms with Crippen molar-refractivity contribution in [2.45, 2.75) is 51.9 Å². The third-order valence-electron chi connectivity index (χ3n) is 5.65. The van der Waals surface area contributed by atoms with Gasteiger partial charge in [0.15, 0.2) is 5.82 Å². The van der Waals surface area contributed by atoms with Gasteiger partial charge in [0, 0.05) is 0 Å². The first-order chi connectivity index (χ1) is 14.2. The minimum atomic E-state index is -0.236. The van der Waals surface area contributed by atoms with Gasteiger partial charge in [0.2, 0.25) is 5.78 Å². The number of hydrogen-bond acceptors (Lipinski definition) is 4. The number of rotatable bonds is 8. The molecule has 2 heterocycles. The number of hydrogen-bond donors (Lipinski definition) is 0. The van der Waals surface area contributed by atoms with Gasteiger partial charge in [-0.2, -0.15) is 0 Å². The van der Waals surface area contributed by atoms with Crippen LogP contribution >= 0.6 is 0 Å². The number of aromatic nitrogens is 2. The van der Waals surface area contributed by atoms with Crippen LogP contribution in [0.25, 0.3) is 16.6 Å². The number of carbonyl (C=O) groups excluding carboxylic acids is 1. The number of methoxy groups -OCH3 is 1. The molecule has 0 saturated heterocycles. The van der Waals surface area contributed by atoms with E-state index in [2.05, 4.69) is 11.9 Å². The fraction of sp³-hybridized carbons (Fsp3) is 0.375. The average molecular weight is 390 g/mol. The van der Waals surface area contributed by atoms with E-state index in [1.54, 1.807) is 18.2 Å². The number of aryl methyl sites for hydroxylation is 1. The second-order valence-electron chi connectivity index (χ2n) is 7.63. The predicted octanol–water partition coefficient (Wildman–Crippen LogP) is 4.84. The molecule has 1 aliphatic heterocycles. The highest BCUT2D eigenvalue weighted by molar-refractivity contribution is 6.13. The number of ketones is 1. The van der Waals surface area contributed by atoms with Crippen LogP contribution in [-0.4, -0.2) is 22.4 Å². The summed E-state index contributed by atoms with van der Waals surface area (Å²) in [6, 6.07) is 11.1. The Labute approximate surface area is 170 Å². The first kappa shape index (κ1) is 19.4. The Kier molecular flexibility index (Phi) is 5.47. The minimum Gasteiger partial charge on any atom is -0.494 e. The normalized spacial score (nSPS) is 12.3. The fourth-order valence-corrected chi connectivity index (χ4v) is 4.07. The Bertz CT molecular complexity index is 1130. The first-order valence-electron chi connectivity index (χ1n) is 10.4. The highest BCUT2D eigenvalue weighted by Crippen LogP contribution is 2.30. The van der Waals surface area contributed by atoms with Crippen LogP contribution in [0.15, 0.2) is 41.2 Å². The van der Waals surface area contributed by atoms with Gasteiger partial charge in [-0.3, -0.25) is 14.2 Å². The molecule has 0 fully saturated rings. The summed E-state index contributed by atoms with van der Waals surface area (Å²) in [5.74, 6) is 0.462. The van der Waals surface area contributed by atoms with E-state index in [0.717, 1.165) is 18.4 Å². The highest BCUT2D eigenvalue weighted by Gasteiger charge is 2.31. The molecule has 0 aliphatic carbocycles. The van der Waals surface area contributed by atoms with Gasteiger partial charge < -0.3 is 4.74 Å². The van der Waals surface area contributed by atoms with E-state index in [9.17, 15) is 9.59 Å². The predicted molar refractivity (Wildman–Crippen MR) is 114 cm³/mol. The maximum atomic E-state index is 13.1. The monoisotopic (exact) mass is 390 g/mol. The molecule has 5 nitrogen and oxygen atoms in total. The van der Waals surface area contributed by atoms with Gasteiger partial charge in [-0.1, -0.05) is 51.2 Å². The van der Waals surface area contributed by atoms with Crippen LogP contribution in [0.1, 0.15) is 67.2 Å². The lowest BCUT2D eigenvalue weighted by molar-refractivity contribution is 0.103. The lowest BCUT2D eigenvalue weighted by Crippen LogP contribution is -2.21. The molecule has 2 aromatic carbocycles. The topological polar surface area (TPSA) is 61.2 Å². The summed E-state index contributed by atoms with van der Waals surface area (Å²) >= 11 is 0. The summed E-state index contributed by atoms with van der Waals surface area (Å²) in [7, 11) is 1.53. The minimum absolute atomic E-state index is 0.165. The van der Waals surface area contributed by atoms with Crippen molar-refractivity contribution in [2.75, 3.05) is 7.11 Å². The van der Waals surface area contributed by atoms with E-state index in [-0.39, 0.29) is 17.2 Å². The van der Waals surface area contributed by atoms with Crippen molar-refractivity contribution in [1.82, 2.24) is 9.55 Å². The second kappa shape index (κ2) is 8.19. The number of benzene rings is 2. The standard InChI is InChI=1S/C24H26N2O3/c1-3-4-5-6-7-8-10-16-13-14-19-18(15-16)22(27)23-25-21-17(24(28)26(19)23)11-9-12-20(21)29-2/h9,11-15H,3-8,10H2,1-2H3. The summed E-state index contributed by atoms with van der Waals surface area (Å²) in [5, 5.41) is 0.449. The molecule has 29 heavy (non-hydrogen) atoms. The SMILES string of the molecule is CCCCCCCCc1ccc2c(c1)C(=O)c1nc3c(OC)cccc3c(=O)n1-2. The molecule has 5 heteroatoms. The molecule has 0 bridgehead atoms. The van der Waals surface area contributed by atoms with Crippen molar-refractivity contribution in [3.05, 3.63) is 63.7 Å². The average Bonchev–Trinajstić information content (AvgIpc) is 3.02. The van der Waals surface area contributed by atoms with Crippen molar-refractivity contribution < 1.29 is 9.53 Å². The molecule has 150 valence electrons. The maximum absolute atomic E-state index is 13.1. The lowest BCUT2D eigenvalue weighted by atomic mass is 10.0. The Morgan fingerprint density at radius 1 is 1.00 bits per heavy atom. The molecule has 0 saturated carbocycles. The Morgan fingerprint density at radius 3 is 2.59 bits per heavy atom. The van der Waals surface area contributed by atoms with Crippen molar-refractivity contribution in [3.63, 3.8) is 0 Å². The summed E-state index contributed by atoms with van der Waals surface area (Å²) in [6.45, 7) is 2.22. The summed E-state index contributed by atoms with van der Waals surface area (Å²) in [5.41, 5.74) is 2.52. The number of ether oxygens (including phenoxy) is 1. The molecular weight excluding hydrogens is 364 g/mol. The van der Waals surface area contributed by atoms with Crippen molar-refractivity contribution in [1.29, 1.82) is 0 Å². The quantitative estimate of drug-likeness (QED) is 0.404. The Balaban J connectivity index is 1.64. The molecule has 0 spiro atoms. The van der Waals surface area contributed by atoms with Crippen LogP contribution in [0.2, 0.25) is 0 Å². The van der Waals surface area contributed by atoms with Gasteiger partial charge in [0.1, 0.15) is 11.3 Å². The highest BCUT2D eigenvalue weighted by atomic mass is 16.5. The van der Waals surface area contributed by atoms with Gasteiger partial charge in [-0.25, -0.2) is 4.98 Å². The molecule has 0 amide bonds. The van der Waals surface area contributed by atoms with E-state index in [1.807, 2.05) is 18.2 Å². The third-order valence-corrected chi connectivity index (χ3v) is 5.65. The molecule has 1 aliphatic rings. The van der Waals surface area contributed by atoms with Crippen LogP contribution in [0.5, 0.6) is 5.75 Å². The van der Waals surface area contributed by atoms with E-state index >= 15 is 0 Å². The lowest BCUT2D eigenvalue weighted by Gasteiger charge is -2.08. The number of para-hydroxylation sites is 1. The van der Waals surface area contributed by atoms with Crippen LogP contribution in [0, 0.1) is 0 Å². The number of carbonyl (C=O) groups is 1. The van der Waals surface area contributed by atoms with Gasteiger partial charge >= 0.3 is 0 Å². The first-order valence-corrected chi connectivity index (χ1v) is 10.4. The van der Waals surface area contributed by atoms with E-state index in [4.69, 9.17) is 4.74 Å². The van der Waals surface area contributed by atoms with Gasteiger partial charge in [-0.05, 0) is 42.7 Å². The Morgan fingerprint density at radius 2 is 1.79 bits per heavy atom. The Hall–Kier alpha value is -2.95. The van der Waals surface area contributed by atoms with Gasteiger partial charge in [-0.15, -0.1) is 0 Å². The zero-order chi connectivity index (χ0) is 20.4. The van der Waals surface area contributed by atoms with Crippen LogP contribution in [0.4, 0.5) is 0 Å². The van der Waals surface area contributed by atoms with Crippen molar-refractivity contribution in [3.8, 4) is 11.4 Å².